The smallest absolute Gasteiger partial charge is 0.319 e. The summed E-state index contributed by atoms with van der Waals surface area (Å²) in [4.78, 5) is 17.0. The highest BCUT2D eigenvalue weighted by Crippen LogP contribution is 2.44. The van der Waals surface area contributed by atoms with Crippen molar-refractivity contribution >= 4 is 49.4 Å². The van der Waals surface area contributed by atoms with Crippen molar-refractivity contribution in [1.82, 2.24) is 30.0 Å². The highest BCUT2D eigenvalue weighted by atomic mass is 33.1. The lowest BCUT2D eigenvalue weighted by molar-refractivity contribution is 0.108. The van der Waals surface area contributed by atoms with Crippen molar-refractivity contribution in [2.45, 2.75) is 75.5 Å². The topological polar surface area (TPSA) is 113 Å². The number of fused-ring (bicyclic) bond motifs is 3. The predicted octanol–water partition coefficient (Wildman–Crippen LogP) is 6.25. The zero-order valence-electron chi connectivity index (χ0n) is 26.6. The molecule has 246 valence electrons. The lowest BCUT2D eigenvalue weighted by Crippen LogP contribution is -2.43. The van der Waals surface area contributed by atoms with Crippen LogP contribution in [0.1, 0.15) is 62.5 Å². The Bertz CT molecular complexity index is 1700. The van der Waals surface area contributed by atoms with Crippen LogP contribution in [0.5, 0.6) is 6.01 Å². The number of ether oxygens (including phenoxy) is 2. The lowest BCUT2D eigenvalue weighted by atomic mass is 9.92. The van der Waals surface area contributed by atoms with Crippen LogP contribution in [0.4, 0.5) is 10.2 Å². The molecule has 6 heterocycles. The number of anilines is 1. The number of rotatable bonds is 11. The molecule has 3 aliphatic heterocycles. The zero-order valence-corrected chi connectivity index (χ0v) is 28.2. The number of aromatic amines is 1. The van der Waals surface area contributed by atoms with Gasteiger partial charge < -0.3 is 14.6 Å². The molecular formula is C33H42FN7O3S2. The average molecular weight is 668 g/mol. The Morgan fingerprint density at radius 3 is 2.78 bits per heavy atom. The number of hydrogen-bond acceptors (Lipinski definition) is 11. The highest BCUT2D eigenvalue weighted by Gasteiger charge is 2.45. The third-order valence-corrected chi connectivity index (χ3v) is 12.8. The summed E-state index contributed by atoms with van der Waals surface area (Å²) in [5, 5.41) is 18.6. The van der Waals surface area contributed by atoms with Gasteiger partial charge in [-0.25, -0.2) is 4.39 Å². The molecule has 0 spiro atoms. The van der Waals surface area contributed by atoms with Gasteiger partial charge in [0.25, 0.3) is 0 Å². The minimum Gasteiger partial charge on any atom is -0.461 e. The molecule has 3 fully saturated rings. The number of aryl methyl sites for hydroxylation is 1. The Morgan fingerprint density at radius 2 is 1.98 bits per heavy atom. The van der Waals surface area contributed by atoms with Gasteiger partial charge in [-0.2, -0.15) is 15.1 Å². The van der Waals surface area contributed by atoms with E-state index in [2.05, 4.69) is 25.5 Å². The summed E-state index contributed by atoms with van der Waals surface area (Å²) in [6.07, 6.45) is 12.2. The number of nitrogens with one attached hydrogen (secondary N) is 1. The first-order valence-electron chi connectivity index (χ1n) is 16.4. The first kappa shape index (κ1) is 31.9. The lowest BCUT2D eigenvalue weighted by Gasteiger charge is -2.31. The van der Waals surface area contributed by atoms with E-state index in [9.17, 15) is 5.11 Å². The van der Waals surface area contributed by atoms with Crippen molar-refractivity contribution in [1.29, 1.82) is 0 Å². The van der Waals surface area contributed by atoms with E-state index >= 15 is 4.39 Å². The van der Waals surface area contributed by atoms with E-state index in [0.29, 0.717) is 36.1 Å². The maximum atomic E-state index is 17.1. The molecular weight excluding hydrogens is 626 g/mol. The monoisotopic (exact) mass is 667 g/mol. The molecule has 1 aromatic carbocycles. The standard InChI is InChI=1S/C33H42FN7O3S2/c1-21-17-26-24(19-36-39-26)27(23(21)8-4-16-43-2)30-28(34)29-25(18-35-30)31(41-14-3-7-22(9-15-42)45-46-41)38-32(37-29)44-20-33-10-5-12-40(33)13-6-11-33/h17-19,22,42H,3-16,20H2,1-2H3,(H,36,39). The van der Waals surface area contributed by atoms with E-state index in [4.69, 9.17) is 24.4 Å². The van der Waals surface area contributed by atoms with E-state index in [1.165, 1.54) is 12.8 Å². The fourth-order valence-corrected chi connectivity index (χ4v) is 10.3. The summed E-state index contributed by atoms with van der Waals surface area (Å²) < 4.78 is 31.0. The van der Waals surface area contributed by atoms with E-state index in [1.807, 2.05) is 6.92 Å². The molecule has 3 aliphatic rings. The SMILES string of the molecule is COCCCc1c(C)cc2[nH]ncc2c1-c1ncc2c(N3CCCC(CCO)SS3)nc(OCC34CCCN3CCC4)nc2c1F. The summed E-state index contributed by atoms with van der Waals surface area (Å²) in [7, 11) is 5.03. The van der Waals surface area contributed by atoms with Crippen LogP contribution in [0.2, 0.25) is 0 Å². The summed E-state index contributed by atoms with van der Waals surface area (Å²) in [6, 6.07) is 2.26. The van der Waals surface area contributed by atoms with Gasteiger partial charge >= 0.3 is 6.01 Å². The van der Waals surface area contributed by atoms with Crippen LogP contribution in [-0.2, 0) is 11.2 Å². The Kier molecular flexibility index (Phi) is 9.56. The maximum absolute atomic E-state index is 17.1. The summed E-state index contributed by atoms with van der Waals surface area (Å²) in [5.74, 6) is 0.129. The molecule has 0 radical (unpaired) electrons. The number of benzene rings is 1. The number of halogens is 1. The van der Waals surface area contributed by atoms with Crippen molar-refractivity contribution in [3.05, 3.63) is 35.4 Å². The molecule has 10 nitrogen and oxygen atoms in total. The van der Waals surface area contributed by atoms with E-state index in [-0.39, 0.29) is 29.4 Å². The number of hydrogen-bond donors (Lipinski definition) is 2. The van der Waals surface area contributed by atoms with Crippen LogP contribution in [0.3, 0.4) is 0 Å². The molecule has 13 heteroatoms. The molecule has 7 rings (SSSR count). The van der Waals surface area contributed by atoms with Crippen molar-refractivity contribution in [2.75, 3.05) is 50.9 Å². The van der Waals surface area contributed by atoms with Crippen molar-refractivity contribution in [2.24, 2.45) is 0 Å². The molecule has 4 aromatic rings. The van der Waals surface area contributed by atoms with Crippen LogP contribution in [-0.4, -0.2) is 92.5 Å². The minimum absolute atomic E-state index is 0.0106. The van der Waals surface area contributed by atoms with Crippen molar-refractivity contribution in [3.63, 3.8) is 0 Å². The van der Waals surface area contributed by atoms with Gasteiger partial charge in [0, 0.05) is 60.2 Å². The normalized spacial score (nSPS) is 20.1. The molecule has 0 saturated carbocycles. The third kappa shape index (κ3) is 6.05. The summed E-state index contributed by atoms with van der Waals surface area (Å²) in [5.41, 5.74) is 4.12. The van der Waals surface area contributed by atoms with Gasteiger partial charge in [0.15, 0.2) is 11.6 Å². The second-order valence-corrected chi connectivity index (χ2v) is 15.2. The second kappa shape index (κ2) is 13.8. The minimum atomic E-state index is -0.487. The second-order valence-electron chi connectivity index (χ2n) is 12.7. The number of methoxy groups -OCH3 is 1. The first-order valence-corrected chi connectivity index (χ1v) is 18.6. The van der Waals surface area contributed by atoms with Crippen LogP contribution < -0.4 is 9.04 Å². The van der Waals surface area contributed by atoms with Crippen LogP contribution in [0.25, 0.3) is 33.1 Å². The largest absolute Gasteiger partial charge is 0.461 e. The quantitative estimate of drug-likeness (QED) is 0.108. The van der Waals surface area contributed by atoms with E-state index < -0.39 is 5.82 Å². The van der Waals surface area contributed by atoms with Crippen molar-refractivity contribution < 1.29 is 19.0 Å². The highest BCUT2D eigenvalue weighted by molar-refractivity contribution is 8.77. The van der Waals surface area contributed by atoms with Gasteiger partial charge in [-0.05, 0) is 95.0 Å². The predicted molar refractivity (Wildman–Crippen MR) is 183 cm³/mol. The number of aromatic nitrogens is 5. The van der Waals surface area contributed by atoms with Gasteiger partial charge in [-0.15, -0.1) is 0 Å². The number of H-pyrrole nitrogens is 1. The van der Waals surface area contributed by atoms with Gasteiger partial charge in [0.1, 0.15) is 17.8 Å². The Hall–Kier alpha value is -2.71. The number of pyridine rings is 1. The summed E-state index contributed by atoms with van der Waals surface area (Å²) in [6.45, 7) is 6.25. The van der Waals surface area contributed by atoms with Gasteiger partial charge in [0.05, 0.1) is 22.6 Å². The molecule has 0 bridgehead atoms. The number of aliphatic hydroxyl groups is 1. The maximum Gasteiger partial charge on any atom is 0.319 e. The van der Waals surface area contributed by atoms with E-state index in [0.717, 1.165) is 85.8 Å². The molecule has 46 heavy (non-hydrogen) atoms. The fraction of sp³-hybridized carbons (Fsp3) is 0.576. The van der Waals surface area contributed by atoms with Gasteiger partial charge in [0.2, 0.25) is 0 Å². The third-order valence-electron chi connectivity index (χ3n) is 9.86. The van der Waals surface area contributed by atoms with Crippen molar-refractivity contribution in [3.8, 4) is 17.3 Å². The first-order chi connectivity index (χ1) is 22.5. The van der Waals surface area contributed by atoms with Gasteiger partial charge in [-0.1, -0.05) is 10.8 Å². The van der Waals surface area contributed by atoms with E-state index in [1.54, 1.807) is 41.3 Å². The molecule has 0 aliphatic carbocycles. The van der Waals surface area contributed by atoms with Gasteiger partial charge in [-0.3, -0.25) is 19.3 Å². The summed E-state index contributed by atoms with van der Waals surface area (Å²) >= 11 is 0. The average Bonchev–Trinajstić information content (AvgIpc) is 3.74. The Balaban J connectivity index is 1.33. The molecule has 1 unspecified atom stereocenters. The van der Waals surface area contributed by atoms with Crippen LogP contribution >= 0.6 is 21.8 Å². The molecule has 3 saturated heterocycles. The molecule has 0 amide bonds. The Morgan fingerprint density at radius 1 is 1.13 bits per heavy atom. The number of aliphatic hydroxyl groups excluding tert-OH is 1. The Labute approximate surface area is 276 Å². The van der Waals surface area contributed by atoms with Crippen LogP contribution in [0, 0.1) is 12.7 Å². The molecule has 3 aromatic heterocycles. The molecule has 1 atom stereocenters. The van der Waals surface area contributed by atoms with Crippen LogP contribution in [0.15, 0.2) is 18.5 Å². The molecule has 2 N–H and O–H groups in total. The fourth-order valence-electron chi connectivity index (χ4n) is 7.50. The number of nitrogens with zero attached hydrogens (tertiary/aromatic N) is 6. The zero-order chi connectivity index (χ0) is 31.7.